The highest BCUT2D eigenvalue weighted by atomic mass is 32.1. The number of thiazole rings is 1. The van der Waals surface area contributed by atoms with E-state index in [0.29, 0.717) is 59.5 Å². The van der Waals surface area contributed by atoms with Crippen LogP contribution in [0, 0.1) is 5.92 Å². The SMILES string of the molecule is CN[C@@H](C)C(=O)N[C@H](C(=O)N1CCC[C@H]1c1nc(C(=O)c2cccc(OCc3cn(CCCCCCOc4cccc([C@@H](C)NC(=O)c5cccc(NCc6nnc(-c7ccncn7)n6C)c5)c4)nn3)c2)cs1)C1CCCCC1. The van der Waals surface area contributed by atoms with Crippen molar-refractivity contribution in [2.45, 2.75) is 128 Å². The van der Waals surface area contributed by atoms with Crippen LogP contribution in [0.3, 0.4) is 0 Å². The van der Waals surface area contributed by atoms with Gasteiger partial charge in [0.1, 0.15) is 52.6 Å². The molecule has 0 spiro atoms. The lowest BCUT2D eigenvalue weighted by Gasteiger charge is -2.35. The molecule has 1 saturated heterocycles. The van der Waals surface area contributed by atoms with Gasteiger partial charge in [0.2, 0.25) is 17.6 Å². The van der Waals surface area contributed by atoms with Gasteiger partial charge in [-0.1, -0.05) is 61.2 Å². The topological polar surface area (TPSA) is 238 Å². The minimum atomic E-state index is -0.586. The van der Waals surface area contributed by atoms with Crippen LogP contribution < -0.4 is 30.7 Å². The molecule has 1 aliphatic carbocycles. The Hall–Kier alpha value is -7.91. The van der Waals surface area contributed by atoms with Crippen molar-refractivity contribution in [3.05, 3.63) is 142 Å². The van der Waals surface area contributed by atoms with Gasteiger partial charge in [0.05, 0.1) is 37.5 Å². The summed E-state index contributed by atoms with van der Waals surface area (Å²) in [4.78, 5) is 69.3. The van der Waals surface area contributed by atoms with Crippen molar-refractivity contribution < 1.29 is 28.7 Å². The van der Waals surface area contributed by atoms with E-state index in [4.69, 9.17) is 14.5 Å². The quantitative estimate of drug-likeness (QED) is 0.0295. The maximum atomic E-state index is 14.2. The molecule has 0 bridgehead atoms. The van der Waals surface area contributed by atoms with Gasteiger partial charge in [-0.15, -0.1) is 26.6 Å². The van der Waals surface area contributed by atoms with Crippen molar-refractivity contribution in [2.75, 3.05) is 25.5 Å². The number of aryl methyl sites for hydroxylation is 1. The Morgan fingerprint density at radius 2 is 1.62 bits per heavy atom. The van der Waals surface area contributed by atoms with Crippen molar-refractivity contribution in [3.63, 3.8) is 0 Å². The molecule has 0 radical (unpaired) electrons. The smallest absolute Gasteiger partial charge is 0.251 e. The lowest BCUT2D eigenvalue weighted by atomic mass is 9.83. The van der Waals surface area contributed by atoms with Crippen LogP contribution in [0.25, 0.3) is 11.5 Å². The van der Waals surface area contributed by atoms with Crippen LogP contribution in [0.1, 0.15) is 145 Å². The van der Waals surface area contributed by atoms with E-state index in [1.54, 1.807) is 61.9 Å². The van der Waals surface area contributed by atoms with Crippen LogP contribution in [-0.2, 0) is 36.3 Å². The number of carbonyl (C=O) groups excluding carboxylic acids is 4. The van der Waals surface area contributed by atoms with E-state index in [-0.39, 0.29) is 48.1 Å². The lowest BCUT2D eigenvalue weighted by Crippen LogP contribution is -2.55. The van der Waals surface area contributed by atoms with Gasteiger partial charge in [-0.3, -0.25) is 23.9 Å². The fraction of sp³-hybridized carbons (Fsp3) is 0.431. The van der Waals surface area contributed by atoms with Crippen LogP contribution in [0.15, 0.2) is 103 Å². The molecule has 4 aromatic heterocycles. The summed E-state index contributed by atoms with van der Waals surface area (Å²) >= 11 is 1.39. The van der Waals surface area contributed by atoms with E-state index in [2.05, 4.69) is 51.7 Å². The first-order valence-electron chi connectivity index (χ1n) is 27.4. The van der Waals surface area contributed by atoms with Crippen LogP contribution >= 0.6 is 11.3 Å². The third-order valence-electron chi connectivity index (χ3n) is 14.8. The molecule has 0 unspecified atom stereocenters. The minimum absolute atomic E-state index is 0.0606. The van der Waals surface area contributed by atoms with Gasteiger partial charge in [-0.05, 0) is 126 Å². The number of rotatable bonds is 26. The molecule has 3 amide bonds. The Morgan fingerprint density at radius 1 is 0.823 bits per heavy atom. The zero-order valence-electron chi connectivity index (χ0n) is 45.3. The molecule has 2 aliphatic rings. The molecule has 79 heavy (non-hydrogen) atoms. The Kier molecular flexibility index (Phi) is 19.2. The normalized spacial score (nSPS) is 15.7. The van der Waals surface area contributed by atoms with Crippen LogP contribution in [0.2, 0.25) is 0 Å². The lowest BCUT2D eigenvalue weighted by molar-refractivity contribution is -0.139. The number of nitrogens with zero attached hydrogens (tertiary/aromatic N) is 10. The molecular weight excluding hydrogens is 1020 g/mol. The summed E-state index contributed by atoms with van der Waals surface area (Å²) < 4.78 is 15.9. The highest BCUT2D eigenvalue weighted by Gasteiger charge is 2.40. The molecule has 9 rings (SSSR count). The molecule has 4 atom stereocenters. The summed E-state index contributed by atoms with van der Waals surface area (Å²) in [6, 6.07) is 22.5. The average molecular weight is 1090 g/mol. The second kappa shape index (κ2) is 27.1. The van der Waals surface area contributed by atoms with E-state index >= 15 is 0 Å². The minimum Gasteiger partial charge on any atom is -0.494 e. The number of benzene rings is 3. The van der Waals surface area contributed by atoms with Crippen LogP contribution in [0.4, 0.5) is 5.69 Å². The van der Waals surface area contributed by atoms with Crippen molar-refractivity contribution >= 4 is 40.5 Å². The summed E-state index contributed by atoms with van der Waals surface area (Å²) in [5, 5.41) is 32.2. The average Bonchev–Trinajstić information content (AvgIpc) is 4.35. The molecule has 7 aromatic rings. The molecule has 4 N–H and O–H groups in total. The highest BCUT2D eigenvalue weighted by Crippen LogP contribution is 2.37. The Morgan fingerprint density at radius 3 is 2.44 bits per heavy atom. The standard InChI is InChI=1S/C58H70N14O6S/c1-38(63-56(75)43-20-12-21-44(30-43)61-33-51-67-68-54(70(51)4)48-25-26-60-37-62-48)41-18-13-22-46(31-41)77-29-11-6-5-10-27-71-34-45(66-69-71)35-78-47-23-14-19-42(32-47)53(73)49-36-79-57(64-49)50-24-15-28-72(50)58(76)52(40-16-8-7-9-17-40)65-55(74)39(2)59-3/h12-14,18-23,25-26,30-32,34,36-40,50,52,59,61H,5-11,15-17,24,27-29,33,35H2,1-4H3,(H,63,75)(H,65,74)/t38-,39+,50+,52+/m1/s1. The van der Waals surface area contributed by atoms with Gasteiger partial charge >= 0.3 is 0 Å². The van der Waals surface area contributed by atoms with Gasteiger partial charge in [-0.25, -0.2) is 15.0 Å². The number of amides is 3. The number of anilines is 1. The number of likely N-dealkylation sites (tertiary alicyclic amines) is 1. The maximum Gasteiger partial charge on any atom is 0.251 e. The van der Waals surface area contributed by atoms with Crippen molar-refractivity contribution in [3.8, 4) is 23.0 Å². The predicted molar refractivity (Wildman–Crippen MR) is 299 cm³/mol. The van der Waals surface area contributed by atoms with E-state index < -0.39 is 12.1 Å². The maximum absolute atomic E-state index is 14.2. The van der Waals surface area contributed by atoms with Crippen LogP contribution in [0.5, 0.6) is 11.5 Å². The van der Waals surface area contributed by atoms with Crippen molar-refractivity contribution in [1.82, 2.24) is 65.6 Å². The fourth-order valence-corrected chi connectivity index (χ4v) is 11.0. The van der Waals surface area contributed by atoms with Gasteiger partial charge in [0.15, 0.2) is 11.6 Å². The number of aromatic nitrogens is 9. The first-order chi connectivity index (χ1) is 38.5. The molecule has 21 heteroatoms. The molecule has 1 saturated carbocycles. The van der Waals surface area contributed by atoms with Gasteiger partial charge < -0.3 is 40.2 Å². The highest BCUT2D eigenvalue weighted by molar-refractivity contribution is 7.10. The van der Waals surface area contributed by atoms with E-state index in [0.717, 1.165) is 105 Å². The number of likely N-dealkylation sites (N-methyl/N-ethyl adjacent to an activating group) is 1. The summed E-state index contributed by atoms with van der Waals surface area (Å²) in [7, 11) is 3.62. The number of unbranched alkanes of at least 4 members (excludes halogenated alkanes) is 3. The first-order valence-corrected chi connectivity index (χ1v) is 28.3. The second-order valence-corrected chi connectivity index (χ2v) is 21.2. The number of carbonyl (C=O) groups is 4. The predicted octanol–water partition coefficient (Wildman–Crippen LogP) is 8.21. The Bertz CT molecular complexity index is 3160. The van der Waals surface area contributed by atoms with E-state index in [1.807, 2.05) is 76.8 Å². The molecular formula is C58H70N14O6S. The van der Waals surface area contributed by atoms with Crippen molar-refractivity contribution in [2.24, 2.45) is 13.0 Å². The number of hydrogen-bond donors (Lipinski definition) is 4. The number of ketones is 1. The number of ether oxygens (including phenoxy) is 2. The monoisotopic (exact) mass is 1090 g/mol. The molecule has 414 valence electrons. The Labute approximate surface area is 464 Å². The molecule has 20 nitrogen and oxygen atoms in total. The number of hydrogen-bond acceptors (Lipinski definition) is 16. The summed E-state index contributed by atoms with van der Waals surface area (Å²) in [6.45, 7) is 6.23. The molecule has 1 aliphatic heterocycles. The van der Waals surface area contributed by atoms with Crippen molar-refractivity contribution in [1.29, 1.82) is 0 Å². The van der Waals surface area contributed by atoms with E-state index in [9.17, 15) is 19.2 Å². The van der Waals surface area contributed by atoms with Gasteiger partial charge in [0.25, 0.3) is 5.91 Å². The molecule has 2 fully saturated rings. The summed E-state index contributed by atoms with van der Waals surface area (Å²) in [5.74, 6) is 2.08. The second-order valence-electron chi connectivity index (χ2n) is 20.3. The third-order valence-corrected chi connectivity index (χ3v) is 15.7. The van der Waals surface area contributed by atoms with Crippen LogP contribution in [-0.4, -0.2) is 105 Å². The van der Waals surface area contributed by atoms with Gasteiger partial charge in [-0.2, -0.15) is 0 Å². The third kappa shape index (κ3) is 14.6. The first kappa shape index (κ1) is 55.8. The summed E-state index contributed by atoms with van der Waals surface area (Å²) in [6.07, 6.45) is 15.5. The zero-order valence-corrected chi connectivity index (χ0v) is 46.2. The fourth-order valence-electron chi connectivity index (χ4n) is 10.1. The van der Waals surface area contributed by atoms with E-state index in [1.165, 1.54) is 17.7 Å². The largest absolute Gasteiger partial charge is 0.494 e. The molecule has 5 heterocycles. The Balaban J connectivity index is 0.673. The summed E-state index contributed by atoms with van der Waals surface area (Å²) in [5.41, 5.74) is 4.39. The molecule has 3 aromatic carbocycles. The zero-order chi connectivity index (χ0) is 55.1. The number of nitrogens with one attached hydrogen (secondary N) is 4. The van der Waals surface area contributed by atoms with Gasteiger partial charge in [0, 0.05) is 48.5 Å².